The van der Waals surface area contributed by atoms with Crippen molar-refractivity contribution < 1.29 is 38.0 Å². The lowest BCUT2D eigenvalue weighted by Gasteiger charge is -2.34. The zero-order valence-corrected chi connectivity index (χ0v) is 37.0. The summed E-state index contributed by atoms with van der Waals surface area (Å²) < 4.78 is 45.7. The first kappa shape index (κ1) is 43.2. The molecule has 64 heavy (non-hydrogen) atoms. The molecule has 1 saturated heterocycles. The molecule has 3 aliphatic rings. The van der Waals surface area contributed by atoms with E-state index in [1.807, 2.05) is 24.3 Å². The number of aromatic nitrogens is 4. The molecule has 328 valence electrons. The molecule has 3 aromatic heterocycles. The Kier molecular flexibility index (Phi) is 12.8. The van der Waals surface area contributed by atoms with E-state index >= 15 is 0 Å². The van der Waals surface area contributed by atoms with Crippen molar-refractivity contribution in [2.45, 2.75) is 25.2 Å². The first-order valence-electron chi connectivity index (χ1n) is 20.4. The van der Waals surface area contributed by atoms with Crippen LogP contribution in [0, 0.1) is 5.82 Å². The molecule has 1 N–H and O–H groups in total. The summed E-state index contributed by atoms with van der Waals surface area (Å²) in [6.45, 7) is 4.12. The highest BCUT2D eigenvalue weighted by Gasteiger charge is 2.30. The molecular weight excluding hydrogens is 883 g/mol. The highest BCUT2D eigenvalue weighted by molar-refractivity contribution is 7.22. The number of methoxy groups -OCH3 is 1. The number of thiophene rings is 1. The van der Waals surface area contributed by atoms with E-state index in [2.05, 4.69) is 31.8 Å². The molecule has 7 aromatic rings. The van der Waals surface area contributed by atoms with Crippen molar-refractivity contribution in [3.8, 4) is 61.8 Å². The van der Waals surface area contributed by atoms with E-state index in [9.17, 15) is 14.3 Å². The first-order chi connectivity index (χ1) is 31.1. The van der Waals surface area contributed by atoms with Gasteiger partial charge in [-0.2, -0.15) is 0 Å². The number of aliphatic carboxylic acids is 1. The molecule has 0 spiro atoms. The van der Waals surface area contributed by atoms with Crippen LogP contribution in [0.4, 0.5) is 4.39 Å². The lowest BCUT2D eigenvalue weighted by atomic mass is 9.99. The Bertz CT molecular complexity index is 2800. The van der Waals surface area contributed by atoms with Crippen LogP contribution in [-0.4, -0.2) is 107 Å². The van der Waals surface area contributed by atoms with Crippen LogP contribution >= 0.6 is 34.5 Å². The van der Waals surface area contributed by atoms with Crippen LogP contribution in [0.1, 0.15) is 11.3 Å². The third kappa shape index (κ3) is 9.40. The molecule has 3 aliphatic heterocycles. The Morgan fingerprint density at radius 3 is 2.47 bits per heavy atom. The summed E-state index contributed by atoms with van der Waals surface area (Å²) in [5.74, 6) is 0.577. The predicted molar refractivity (Wildman–Crippen MR) is 243 cm³/mol. The first-order valence-corrected chi connectivity index (χ1v) is 22.0. The van der Waals surface area contributed by atoms with E-state index in [-0.39, 0.29) is 41.3 Å². The largest absolute Gasteiger partial charge is 0.496 e. The van der Waals surface area contributed by atoms with Crippen LogP contribution in [-0.2, 0) is 17.8 Å². The van der Waals surface area contributed by atoms with Crippen LogP contribution in [0.15, 0.2) is 97.5 Å². The van der Waals surface area contributed by atoms with Gasteiger partial charge in [-0.3, -0.25) is 4.90 Å². The maximum absolute atomic E-state index is 14.2. The third-order valence-corrected chi connectivity index (χ3v) is 12.7. The molecule has 0 saturated carbocycles. The molecule has 10 rings (SSSR count). The molecule has 0 unspecified atom stereocenters. The van der Waals surface area contributed by atoms with Gasteiger partial charge in [0.05, 0.1) is 33.8 Å². The van der Waals surface area contributed by atoms with Crippen LogP contribution in [0.2, 0.25) is 10.0 Å². The number of para-hydroxylation sites is 1. The fraction of sp³-hybridized carbons (Fsp3) is 0.255. The molecule has 0 radical (unpaired) electrons. The van der Waals surface area contributed by atoms with Crippen molar-refractivity contribution >= 4 is 50.7 Å². The van der Waals surface area contributed by atoms with E-state index in [1.54, 1.807) is 61.8 Å². The molecule has 4 bridgehead atoms. The maximum Gasteiger partial charge on any atom is 0.345 e. The minimum Gasteiger partial charge on any atom is -0.496 e. The molecule has 17 heteroatoms. The number of carboxylic acid groups (broad SMARTS) is 1. The summed E-state index contributed by atoms with van der Waals surface area (Å²) >= 11 is 15.5. The molecule has 6 heterocycles. The Morgan fingerprint density at radius 2 is 1.70 bits per heavy atom. The second kappa shape index (κ2) is 18.9. The smallest absolute Gasteiger partial charge is 0.345 e. The molecule has 0 aliphatic carbocycles. The Morgan fingerprint density at radius 1 is 0.922 bits per heavy atom. The van der Waals surface area contributed by atoms with Crippen molar-refractivity contribution in [3.63, 3.8) is 0 Å². The van der Waals surface area contributed by atoms with Crippen LogP contribution < -0.4 is 23.7 Å². The van der Waals surface area contributed by atoms with Crippen molar-refractivity contribution in [2.75, 3.05) is 53.5 Å². The van der Waals surface area contributed by atoms with Crippen molar-refractivity contribution in [3.05, 3.63) is 125 Å². The minimum absolute atomic E-state index is 0.0147. The Labute approximate surface area is 381 Å². The van der Waals surface area contributed by atoms with Crippen LogP contribution in [0.5, 0.6) is 28.9 Å². The summed E-state index contributed by atoms with van der Waals surface area (Å²) in [7, 11) is 3.68. The number of rotatable bonds is 9. The van der Waals surface area contributed by atoms with Gasteiger partial charge >= 0.3 is 5.97 Å². The van der Waals surface area contributed by atoms with E-state index in [4.69, 9.17) is 51.9 Å². The van der Waals surface area contributed by atoms with Gasteiger partial charge in [-0.05, 0) is 78.8 Å². The monoisotopic (exact) mass is 922 g/mol. The average Bonchev–Trinajstić information content (AvgIpc) is 3.70. The summed E-state index contributed by atoms with van der Waals surface area (Å²) in [4.78, 5) is 37.2. The van der Waals surface area contributed by atoms with Gasteiger partial charge in [-0.15, -0.1) is 11.3 Å². The number of likely N-dealkylation sites (N-methyl/N-ethyl adjacent to an activating group) is 1. The van der Waals surface area contributed by atoms with Gasteiger partial charge < -0.3 is 33.7 Å². The standard InChI is InChI=1S/C47H41Cl2FN6O7S/c1-55-15-17-56(18-16-55)23-33-25-60-32-11-12-37(61-24-31-13-14-51-44(54-31)34-5-3-4-6-38(34)59-2)28(19-32)22-39(47(57)58)63-45-41-40(29-20-35(48)42(62-33)36(49)21-29)43(64-46(41)53-26-52-45)27-7-9-30(50)10-8-27/h3-14,19-21,26,33,39H,15-18,22-25H2,1-2H3,(H,57,58)/t33-,39-/m1/s1. The second-order valence-electron chi connectivity index (χ2n) is 15.4. The van der Waals surface area contributed by atoms with Gasteiger partial charge in [0, 0.05) is 61.3 Å². The van der Waals surface area contributed by atoms with Gasteiger partial charge in [-0.1, -0.05) is 47.5 Å². The Hall–Kier alpha value is -6.10. The lowest BCUT2D eigenvalue weighted by Crippen LogP contribution is -2.49. The number of halogens is 3. The van der Waals surface area contributed by atoms with E-state index in [0.717, 1.165) is 31.7 Å². The maximum atomic E-state index is 14.2. The fourth-order valence-corrected chi connectivity index (χ4v) is 9.47. The number of hydrogen-bond acceptors (Lipinski definition) is 13. The summed E-state index contributed by atoms with van der Waals surface area (Å²) in [5, 5.41) is 11.7. The third-order valence-electron chi connectivity index (χ3n) is 11.0. The molecule has 0 amide bonds. The highest BCUT2D eigenvalue weighted by atomic mass is 35.5. The molecule has 13 nitrogen and oxygen atoms in total. The number of fused-ring (bicyclic) bond motifs is 7. The van der Waals surface area contributed by atoms with Crippen molar-refractivity contribution in [1.29, 1.82) is 0 Å². The highest BCUT2D eigenvalue weighted by Crippen LogP contribution is 2.49. The van der Waals surface area contributed by atoms with Crippen molar-refractivity contribution in [2.24, 2.45) is 0 Å². The number of ether oxygens (including phenoxy) is 5. The lowest BCUT2D eigenvalue weighted by molar-refractivity contribution is -0.145. The summed E-state index contributed by atoms with van der Waals surface area (Å²) in [5.41, 5.74) is 3.62. The van der Waals surface area contributed by atoms with Gasteiger partial charge in [0.15, 0.2) is 11.6 Å². The van der Waals surface area contributed by atoms with E-state index in [1.165, 1.54) is 29.8 Å². The van der Waals surface area contributed by atoms with Crippen LogP contribution in [0.3, 0.4) is 0 Å². The predicted octanol–water partition coefficient (Wildman–Crippen LogP) is 8.98. The number of nitrogens with zero attached hydrogens (tertiary/aromatic N) is 6. The number of piperazine rings is 1. The SMILES string of the molecule is COc1ccccc1-c1nccc(COc2ccc3cc2C[C@H](C(=O)O)Oc2ncnc4sc(-c5ccc(F)cc5)c(c24)-c2cc(Cl)c(c(Cl)c2)O[C@H](CN2CCN(C)CC2)CO3)n1. The van der Waals surface area contributed by atoms with E-state index < -0.39 is 24.0 Å². The summed E-state index contributed by atoms with van der Waals surface area (Å²) in [6, 6.07) is 24.0. The van der Waals surface area contributed by atoms with Gasteiger partial charge in [0.2, 0.25) is 12.0 Å². The fourth-order valence-electron chi connectivity index (χ4n) is 7.74. The Balaban J connectivity index is 1.13. The topological polar surface area (TPSA) is 141 Å². The van der Waals surface area contributed by atoms with Gasteiger partial charge in [0.1, 0.15) is 53.5 Å². The zero-order valence-electron chi connectivity index (χ0n) is 34.7. The number of hydrogen-bond donors (Lipinski definition) is 1. The molecule has 1 fully saturated rings. The summed E-state index contributed by atoms with van der Waals surface area (Å²) in [6.07, 6.45) is 0.818. The number of carboxylic acids is 1. The molecule has 2 atom stereocenters. The normalized spacial score (nSPS) is 17.0. The quantitative estimate of drug-likeness (QED) is 0.147. The van der Waals surface area contributed by atoms with Crippen LogP contribution in [0.25, 0.3) is 43.2 Å². The minimum atomic E-state index is -1.47. The van der Waals surface area contributed by atoms with Gasteiger partial charge in [-0.25, -0.2) is 29.1 Å². The molecule has 4 aromatic carbocycles. The second-order valence-corrected chi connectivity index (χ2v) is 17.2. The number of carbonyl (C=O) groups is 1. The zero-order chi connectivity index (χ0) is 44.3. The van der Waals surface area contributed by atoms with Gasteiger partial charge in [0.25, 0.3) is 0 Å². The number of benzene rings is 4. The molecular formula is C47H41Cl2FN6O7S. The van der Waals surface area contributed by atoms with E-state index in [0.29, 0.717) is 72.7 Å². The average molecular weight is 924 g/mol. The van der Waals surface area contributed by atoms with Crippen molar-refractivity contribution in [1.82, 2.24) is 29.7 Å².